The predicted octanol–water partition coefficient (Wildman–Crippen LogP) is 3.28. The van der Waals surface area contributed by atoms with E-state index in [-0.39, 0.29) is 26.4 Å². The average Bonchev–Trinajstić information content (AvgIpc) is 2.87. The molecule has 0 radical (unpaired) electrons. The van der Waals surface area contributed by atoms with Crippen molar-refractivity contribution in [3.8, 4) is 0 Å². The minimum absolute atomic E-state index is 0.0297. The number of aliphatic hydroxyl groups is 4. The Morgan fingerprint density at radius 2 is 1.34 bits per heavy atom. The molecule has 2 aromatic rings. The van der Waals surface area contributed by atoms with Gasteiger partial charge in [0.2, 0.25) is 0 Å². The highest BCUT2D eigenvalue weighted by Crippen LogP contribution is 2.38. The van der Waals surface area contributed by atoms with Gasteiger partial charge in [-0.3, -0.25) is 4.90 Å². The maximum absolute atomic E-state index is 9.42. The van der Waals surface area contributed by atoms with Crippen LogP contribution in [0.1, 0.15) is 11.1 Å². The van der Waals surface area contributed by atoms with Gasteiger partial charge in [0.15, 0.2) is 0 Å². The fourth-order valence-corrected chi connectivity index (χ4v) is 4.76. The lowest BCUT2D eigenvalue weighted by Crippen LogP contribution is -2.45. The molecule has 188 valence electrons. The standard InChI is InChI=1S/C27H32Cl2N2O4/c28-25-20-23(30(12-16-32)13-17-33)6-7-24(25)26(21-4-2-1-3-5-21)22-8-10-27(29,11-9-22)31(14-18-34)15-19-35/h1-11,20,32-35H,12-19H2. The number of allylic oxidation sites excluding steroid dienone is 3. The number of alkyl halides is 1. The number of rotatable bonds is 12. The number of hydrogen-bond acceptors (Lipinski definition) is 6. The third-order valence-corrected chi connectivity index (χ3v) is 6.70. The highest BCUT2D eigenvalue weighted by Gasteiger charge is 2.31. The summed E-state index contributed by atoms with van der Waals surface area (Å²) in [5, 5.41) is 38.1. The Hall–Kier alpha value is -2.16. The molecule has 0 aromatic heterocycles. The van der Waals surface area contributed by atoms with Crippen LogP contribution in [0.4, 0.5) is 5.69 Å². The highest BCUT2D eigenvalue weighted by molar-refractivity contribution is 6.33. The summed E-state index contributed by atoms with van der Waals surface area (Å²) in [6.07, 6.45) is 7.58. The molecule has 0 saturated carbocycles. The lowest BCUT2D eigenvalue weighted by atomic mass is 9.90. The van der Waals surface area contributed by atoms with Gasteiger partial charge in [-0.15, -0.1) is 0 Å². The van der Waals surface area contributed by atoms with E-state index in [9.17, 15) is 20.4 Å². The molecule has 0 spiro atoms. The van der Waals surface area contributed by atoms with Crippen LogP contribution in [0.25, 0.3) is 5.57 Å². The van der Waals surface area contributed by atoms with E-state index >= 15 is 0 Å². The molecule has 0 fully saturated rings. The van der Waals surface area contributed by atoms with Gasteiger partial charge in [-0.25, -0.2) is 0 Å². The van der Waals surface area contributed by atoms with Crippen molar-refractivity contribution >= 4 is 34.5 Å². The number of halogens is 2. The van der Waals surface area contributed by atoms with E-state index in [0.717, 1.165) is 28.0 Å². The van der Waals surface area contributed by atoms with Crippen LogP contribution in [0.2, 0.25) is 5.02 Å². The van der Waals surface area contributed by atoms with Gasteiger partial charge in [0.25, 0.3) is 0 Å². The van der Waals surface area contributed by atoms with Gasteiger partial charge < -0.3 is 25.3 Å². The van der Waals surface area contributed by atoms with Crippen LogP contribution < -0.4 is 4.90 Å². The van der Waals surface area contributed by atoms with E-state index in [1.54, 1.807) is 4.90 Å². The molecule has 3 rings (SSSR count). The maximum atomic E-state index is 9.42. The highest BCUT2D eigenvalue weighted by atomic mass is 35.5. The smallest absolute Gasteiger partial charge is 0.134 e. The Labute approximate surface area is 216 Å². The minimum Gasteiger partial charge on any atom is -0.395 e. The molecule has 0 amide bonds. The lowest BCUT2D eigenvalue weighted by Gasteiger charge is -2.35. The molecule has 0 bridgehead atoms. The van der Waals surface area contributed by atoms with Crippen LogP contribution in [-0.4, -0.2) is 82.9 Å². The Balaban J connectivity index is 2.06. The second-order valence-electron chi connectivity index (χ2n) is 8.12. The normalized spacial score (nSPS) is 17.3. The summed E-state index contributed by atoms with van der Waals surface area (Å²) in [5.41, 5.74) is 4.48. The fourth-order valence-electron chi connectivity index (χ4n) is 4.20. The van der Waals surface area contributed by atoms with Crippen LogP contribution >= 0.6 is 23.2 Å². The molecule has 0 atom stereocenters. The molecule has 4 N–H and O–H groups in total. The van der Waals surface area contributed by atoms with E-state index in [0.29, 0.717) is 31.2 Å². The second-order valence-corrected chi connectivity index (χ2v) is 9.14. The molecular weight excluding hydrogens is 487 g/mol. The summed E-state index contributed by atoms with van der Waals surface area (Å²) in [6.45, 7) is 1.24. The zero-order chi connectivity index (χ0) is 25.3. The van der Waals surface area contributed by atoms with Crippen LogP contribution in [0.3, 0.4) is 0 Å². The summed E-state index contributed by atoms with van der Waals surface area (Å²) in [5.74, 6) is 0. The molecular formula is C27H32Cl2N2O4. The van der Waals surface area contributed by atoms with Crippen LogP contribution in [-0.2, 0) is 0 Å². The summed E-state index contributed by atoms with van der Waals surface area (Å²) in [4.78, 5) is 2.73. The van der Waals surface area contributed by atoms with Gasteiger partial charge in [-0.05, 0) is 41.0 Å². The van der Waals surface area contributed by atoms with E-state index in [1.807, 2.05) is 77.7 Å². The first kappa shape index (κ1) is 27.4. The van der Waals surface area contributed by atoms with E-state index < -0.39 is 5.00 Å². The van der Waals surface area contributed by atoms with E-state index in [2.05, 4.69) is 0 Å². The van der Waals surface area contributed by atoms with Gasteiger partial charge >= 0.3 is 0 Å². The van der Waals surface area contributed by atoms with Crippen molar-refractivity contribution in [1.82, 2.24) is 4.90 Å². The molecule has 0 unspecified atom stereocenters. The zero-order valence-corrected chi connectivity index (χ0v) is 21.0. The lowest BCUT2D eigenvalue weighted by molar-refractivity contribution is 0.139. The Kier molecular flexibility index (Phi) is 10.4. The monoisotopic (exact) mass is 518 g/mol. The Morgan fingerprint density at radius 1 is 0.771 bits per heavy atom. The van der Waals surface area contributed by atoms with Crippen molar-refractivity contribution in [2.75, 3.05) is 57.5 Å². The van der Waals surface area contributed by atoms with Gasteiger partial charge in [0.05, 0.1) is 31.5 Å². The number of anilines is 1. The molecule has 0 saturated heterocycles. The quantitative estimate of drug-likeness (QED) is 0.255. The summed E-state index contributed by atoms with van der Waals surface area (Å²) in [6, 6.07) is 15.7. The van der Waals surface area contributed by atoms with Crippen LogP contribution in [0.15, 0.2) is 78.4 Å². The summed E-state index contributed by atoms with van der Waals surface area (Å²) < 4.78 is 0. The SMILES string of the molecule is OCCN(CCO)c1ccc(C(=C2C=CC(Cl)(N(CCO)CCO)C=C2)c2ccccc2)c(Cl)c1. The van der Waals surface area contributed by atoms with Crippen molar-refractivity contribution in [2.45, 2.75) is 5.00 Å². The second kappa shape index (κ2) is 13.2. The van der Waals surface area contributed by atoms with Gasteiger partial charge in [0.1, 0.15) is 5.00 Å². The summed E-state index contributed by atoms with van der Waals surface area (Å²) >= 11 is 13.6. The van der Waals surface area contributed by atoms with Gasteiger partial charge in [-0.2, -0.15) is 0 Å². The van der Waals surface area contributed by atoms with Gasteiger partial charge in [-0.1, -0.05) is 71.8 Å². The molecule has 2 aromatic carbocycles. The van der Waals surface area contributed by atoms with Crippen molar-refractivity contribution in [1.29, 1.82) is 0 Å². The van der Waals surface area contributed by atoms with Crippen molar-refractivity contribution in [2.24, 2.45) is 0 Å². The maximum Gasteiger partial charge on any atom is 0.134 e. The fraction of sp³-hybridized carbons (Fsp3) is 0.333. The van der Waals surface area contributed by atoms with Crippen LogP contribution in [0, 0.1) is 0 Å². The first-order chi connectivity index (χ1) is 17.0. The first-order valence-electron chi connectivity index (χ1n) is 11.6. The largest absolute Gasteiger partial charge is 0.395 e. The topological polar surface area (TPSA) is 87.4 Å². The number of hydrogen-bond donors (Lipinski definition) is 4. The predicted molar refractivity (Wildman–Crippen MR) is 143 cm³/mol. The van der Waals surface area contributed by atoms with E-state index in [1.165, 1.54) is 0 Å². The Bertz CT molecular complexity index is 1030. The minimum atomic E-state index is -0.959. The average molecular weight is 519 g/mol. The molecule has 1 aliphatic rings. The molecule has 1 aliphatic carbocycles. The first-order valence-corrected chi connectivity index (χ1v) is 12.3. The number of nitrogens with zero attached hydrogens (tertiary/aromatic N) is 2. The Morgan fingerprint density at radius 3 is 1.86 bits per heavy atom. The third kappa shape index (κ3) is 6.74. The third-order valence-electron chi connectivity index (χ3n) is 5.90. The number of aliphatic hydroxyl groups excluding tert-OH is 4. The summed E-state index contributed by atoms with van der Waals surface area (Å²) in [7, 11) is 0. The molecule has 6 nitrogen and oxygen atoms in total. The van der Waals surface area contributed by atoms with E-state index in [4.69, 9.17) is 23.2 Å². The zero-order valence-electron chi connectivity index (χ0n) is 19.5. The molecule has 8 heteroatoms. The molecule has 0 aliphatic heterocycles. The molecule has 0 heterocycles. The van der Waals surface area contributed by atoms with Crippen molar-refractivity contribution in [3.05, 3.63) is 94.6 Å². The van der Waals surface area contributed by atoms with Crippen LogP contribution in [0.5, 0.6) is 0 Å². The van der Waals surface area contributed by atoms with Crippen molar-refractivity contribution < 1.29 is 20.4 Å². The molecule has 35 heavy (non-hydrogen) atoms. The number of benzene rings is 2. The van der Waals surface area contributed by atoms with Gasteiger partial charge in [0, 0.05) is 37.4 Å². The van der Waals surface area contributed by atoms with Crippen molar-refractivity contribution in [3.63, 3.8) is 0 Å².